The van der Waals surface area contributed by atoms with E-state index in [0.29, 0.717) is 12.2 Å². The van der Waals surface area contributed by atoms with Crippen LogP contribution in [0.3, 0.4) is 0 Å². The fourth-order valence-corrected chi connectivity index (χ4v) is 1.92. The van der Waals surface area contributed by atoms with E-state index in [1.54, 1.807) is 18.3 Å². The molecule has 1 fully saturated rings. The molecule has 1 N–H and O–H groups in total. The lowest BCUT2D eigenvalue weighted by Gasteiger charge is -2.15. The van der Waals surface area contributed by atoms with Crippen LogP contribution in [0.15, 0.2) is 22.9 Å². The number of hydrogen-bond donors (Lipinski definition) is 1. The lowest BCUT2D eigenvalue weighted by atomic mass is 10.1. The van der Waals surface area contributed by atoms with Crippen molar-refractivity contribution in [2.45, 2.75) is 25.5 Å². The van der Waals surface area contributed by atoms with Crippen LogP contribution in [0.2, 0.25) is 0 Å². The fourth-order valence-electron chi connectivity index (χ4n) is 1.68. The molecule has 2 atom stereocenters. The van der Waals surface area contributed by atoms with E-state index in [-0.39, 0.29) is 18.1 Å². The van der Waals surface area contributed by atoms with Crippen LogP contribution in [0, 0.1) is 0 Å². The minimum Gasteiger partial charge on any atom is -0.376 e. The first-order valence-corrected chi connectivity index (χ1v) is 6.00. The van der Waals surface area contributed by atoms with Crippen LogP contribution in [0.1, 0.15) is 23.7 Å². The quantitative estimate of drug-likeness (QED) is 0.842. The number of ether oxygens (including phenoxy) is 1. The van der Waals surface area contributed by atoms with Crippen LogP contribution in [0.5, 0.6) is 0 Å². The Kier molecular flexibility index (Phi) is 3.56. The van der Waals surface area contributed by atoms with Gasteiger partial charge in [-0.2, -0.15) is 0 Å². The van der Waals surface area contributed by atoms with Crippen molar-refractivity contribution < 1.29 is 9.53 Å². The van der Waals surface area contributed by atoms with Gasteiger partial charge >= 0.3 is 0 Å². The maximum atomic E-state index is 11.8. The van der Waals surface area contributed by atoms with E-state index in [9.17, 15) is 4.79 Å². The molecule has 0 bridgehead atoms. The summed E-state index contributed by atoms with van der Waals surface area (Å²) in [6.07, 6.45) is 2.52. The highest BCUT2D eigenvalue weighted by molar-refractivity contribution is 9.10. The van der Waals surface area contributed by atoms with E-state index < -0.39 is 0 Å². The molecule has 1 aromatic heterocycles. The Bertz CT molecular complexity index is 380. The molecular weight excluding hydrogens is 272 g/mol. The van der Waals surface area contributed by atoms with Crippen LogP contribution < -0.4 is 5.32 Å². The van der Waals surface area contributed by atoms with Gasteiger partial charge in [0.1, 0.15) is 4.60 Å². The third kappa shape index (κ3) is 2.59. The van der Waals surface area contributed by atoms with E-state index in [1.165, 1.54) is 0 Å². The highest BCUT2D eigenvalue weighted by Crippen LogP contribution is 2.13. The molecule has 2 heterocycles. The minimum absolute atomic E-state index is 0.0901. The van der Waals surface area contributed by atoms with Crippen molar-refractivity contribution in [3.05, 3.63) is 28.5 Å². The molecule has 0 saturated carbocycles. The Labute approximate surface area is 103 Å². The Morgan fingerprint density at radius 3 is 3.00 bits per heavy atom. The summed E-state index contributed by atoms with van der Waals surface area (Å²) in [5.74, 6) is -0.0950. The van der Waals surface area contributed by atoms with Gasteiger partial charge in [-0.3, -0.25) is 4.79 Å². The van der Waals surface area contributed by atoms with Crippen LogP contribution in [0.4, 0.5) is 0 Å². The molecule has 1 saturated heterocycles. The number of carbonyl (C=O) groups excluding carboxylic acids is 1. The molecule has 16 heavy (non-hydrogen) atoms. The molecule has 1 aliphatic heterocycles. The number of halogens is 1. The molecule has 0 spiro atoms. The standard InChI is InChI=1S/C11H13BrN2O2/c1-7-9(4-5-16-7)14-11(15)8-2-3-10(12)13-6-8/h2-3,6-7,9H,4-5H2,1H3,(H,14,15). The highest BCUT2D eigenvalue weighted by Gasteiger charge is 2.25. The fraction of sp³-hybridized carbons (Fsp3) is 0.455. The van der Waals surface area contributed by atoms with E-state index in [1.807, 2.05) is 6.92 Å². The number of rotatable bonds is 2. The lowest BCUT2D eigenvalue weighted by Crippen LogP contribution is -2.39. The van der Waals surface area contributed by atoms with Gasteiger partial charge in [0.05, 0.1) is 17.7 Å². The van der Waals surface area contributed by atoms with Gasteiger partial charge in [0.25, 0.3) is 5.91 Å². The Morgan fingerprint density at radius 2 is 2.44 bits per heavy atom. The molecule has 1 aromatic rings. The van der Waals surface area contributed by atoms with Gasteiger partial charge in [-0.15, -0.1) is 0 Å². The first-order valence-electron chi connectivity index (χ1n) is 5.21. The van der Waals surface area contributed by atoms with Crippen molar-refractivity contribution in [1.82, 2.24) is 10.3 Å². The molecule has 5 heteroatoms. The summed E-state index contributed by atoms with van der Waals surface area (Å²) in [7, 11) is 0. The number of nitrogens with one attached hydrogen (secondary N) is 1. The van der Waals surface area contributed by atoms with E-state index in [2.05, 4.69) is 26.2 Å². The summed E-state index contributed by atoms with van der Waals surface area (Å²) in [6, 6.07) is 3.60. The van der Waals surface area contributed by atoms with Crippen LogP contribution in [-0.4, -0.2) is 29.6 Å². The molecule has 1 aliphatic rings. The molecule has 0 aromatic carbocycles. The van der Waals surface area contributed by atoms with Crippen LogP contribution in [-0.2, 0) is 4.74 Å². The summed E-state index contributed by atoms with van der Waals surface area (Å²) in [6.45, 7) is 2.68. The average Bonchev–Trinajstić information content (AvgIpc) is 2.65. The Morgan fingerprint density at radius 1 is 1.62 bits per heavy atom. The molecular formula is C11H13BrN2O2. The summed E-state index contributed by atoms with van der Waals surface area (Å²) >= 11 is 3.23. The predicted octanol–water partition coefficient (Wildman–Crippen LogP) is 1.75. The van der Waals surface area contributed by atoms with Crippen molar-refractivity contribution in [1.29, 1.82) is 0 Å². The van der Waals surface area contributed by atoms with Crippen LogP contribution >= 0.6 is 15.9 Å². The average molecular weight is 285 g/mol. The number of hydrogen-bond acceptors (Lipinski definition) is 3. The second-order valence-corrected chi connectivity index (χ2v) is 4.63. The van der Waals surface area contributed by atoms with Gasteiger partial charge in [-0.25, -0.2) is 4.98 Å². The van der Waals surface area contributed by atoms with Crippen molar-refractivity contribution in [2.75, 3.05) is 6.61 Å². The van der Waals surface area contributed by atoms with E-state index in [4.69, 9.17) is 4.74 Å². The highest BCUT2D eigenvalue weighted by atomic mass is 79.9. The zero-order chi connectivity index (χ0) is 11.5. The maximum Gasteiger partial charge on any atom is 0.253 e. The van der Waals surface area contributed by atoms with Crippen LogP contribution in [0.25, 0.3) is 0 Å². The molecule has 86 valence electrons. The van der Waals surface area contributed by atoms with Gasteiger partial charge in [-0.05, 0) is 41.4 Å². The summed E-state index contributed by atoms with van der Waals surface area (Å²) < 4.78 is 6.11. The normalized spacial score (nSPS) is 24.4. The lowest BCUT2D eigenvalue weighted by molar-refractivity contribution is 0.0866. The zero-order valence-corrected chi connectivity index (χ0v) is 10.5. The number of amides is 1. The monoisotopic (exact) mass is 284 g/mol. The third-order valence-corrected chi connectivity index (χ3v) is 3.15. The van der Waals surface area contributed by atoms with Crippen molar-refractivity contribution in [2.24, 2.45) is 0 Å². The van der Waals surface area contributed by atoms with Gasteiger partial charge in [-0.1, -0.05) is 0 Å². The molecule has 1 amide bonds. The first-order chi connectivity index (χ1) is 7.66. The molecule has 0 aliphatic carbocycles. The molecule has 2 unspecified atom stereocenters. The second-order valence-electron chi connectivity index (χ2n) is 3.81. The van der Waals surface area contributed by atoms with Crippen molar-refractivity contribution >= 4 is 21.8 Å². The van der Waals surface area contributed by atoms with Gasteiger partial charge < -0.3 is 10.1 Å². The number of pyridine rings is 1. The number of aromatic nitrogens is 1. The number of nitrogens with zero attached hydrogens (tertiary/aromatic N) is 1. The third-order valence-electron chi connectivity index (χ3n) is 2.68. The zero-order valence-electron chi connectivity index (χ0n) is 8.94. The maximum absolute atomic E-state index is 11.8. The predicted molar refractivity (Wildman–Crippen MR) is 63.2 cm³/mol. The van der Waals surface area contributed by atoms with Crippen molar-refractivity contribution in [3.8, 4) is 0 Å². The first kappa shape index (κ1) is 11.5. The summed E-state index contributed by atoms with van der Waals surface area (Å²) in [4.78, 5) is 15.9. The molecule has 4 nitrogen and oxygen atoms in total. The Hall–Kier alpha value is -0.940. The van der Waals surface area contributed by atoms with E-state index in [0.717, 1.165) is 11.0 Å². The molecule has 0 radical (unpaired) electrons. The number of carbonyl (C=O) groups is 1. The summed E-state index contributed by atoms with van der Waals surface area (Å²) in [5, 5.41) is 2.95. The minimum atomic E-state index is -0.0950. The van der Waals surface area contributed by atoms with E-state index >= 15 is 0 Å². The molecule has 2 rings (SSSR count). The van der Waals surface area contributed by atoms with Gasteiger partial charge in [0, 0.05) is 12.8 Å². The Balaban J connectivity index is 2.00. The second kappa shape index (κ2) is 4.93. The topological polar surface area (TPSA) is 51.2 Å². The van der Waals surface area contributed by atoms with Gasteiger partial charge in [0.2, 0.25) is 0 Å². The van der Waals surface area contributed by atoms with Gasteiger partial charge in [0.15, 0.2) is 0 Å². The van der Waals surface area contributed by atoms with Crippen molar-refractivity contribution in [3.63, 3.8) is 0 Å². The largest absolute Gasteiger partial charge is 0.376 e. The smallest absolute Gasteiger partial charge is 0.253 e. The summed E-state index contributed by atoms with van der Waals surface area (Å²) in [5.41, 5.74) is 0.572. The SMILES string of the molecule is CC1OCCC1NC(=O)c1ccc(Br)nc1.